The first-order chi connectivity index (χ1) is 7.58. The number of nitrogens with one attached hydrogen (secondary N) is 1. The van der Waals surface area contributed by atoms with Gasteiger partial charge < -0.3 is 15.3 Å². The molecule has 0 saturated heterocycles. The number of anilines is 1. The monoisotopic (exact) mass is 220 g/mol. The summed E-state index contributed by atoms with van der Waals surface area (Å²) in [6.07, 6.45) is 1.13. The zero-order chi connectivity index (χ0) is 11.7. The van der Waals surface area contributed by atoms with Gasteiger partial charge in [-0.1, -0.05) is 0 Å². The van der Waals surface area contributed by atoms with E-state index in [0.717, 1.165) is 25.1 Å². The fourth-order valence-electron chi connectivity index (χ4n) is 2.37. The van der Waals surface area contributed by atoms with Crippen LogP contribution in [0.25, 0.3) is 0 Å². The Kier molecular flexibility index (Phi) is 3.06. The standard InChI is InChI=1S/C13H20N2O/c1-9-6-11(16)7-12-10(4-5-15(2)3)8-14-13(9)12/h6-7,10,14,16H,4-5,8H2,1-3H3/t10-/m0/s1. The third-order valence-electron chi connectivity index (χ3n) is 3.24. The van der Waals surface area contributed by atoms with Crippen LogP contribution in [0.4, 0.5) is 5.69 Å². The fraction of sp³-hybridized carbons (Fsp3) is 0.538. The highest BCUT2D eigenvalue weighted by molar-refractivity contribution is 5.64. The van der Waals surface area contributed by atoms with Crippen LogP contribution in [0.5, 0.6) is 5.75 Å². The number of benzene rings is 1. The Morgan fingerprint density at radius 2 is 2.19 bits per heavy atom. The van der Waals surface area contributed by atoms with Crippen LogP contribution in [0.2, 0.25) is 0 Å². The molecule has 0 aromatic heterocycles. The smallest absolute Gasteiger partial charge is 0.116 e. The Balaban J connectivity index is 2.19. The van der Waals surface area contributed by atoms with Crippen LogP contribution >= 0.6 is 0 Å². The number of nitrogens with zero attached hydrogens (tertiary/aromatic N) is 1. The highest BCUT2D eigenvalue weighted by Crippen LogP contribution is 2.38. The topological polar surface area (TPSA) is 35.5 Å². The molecule has 1 aromatic carbocycles. The van der Waals surface area contributed by atoms with Crippen LogP contribution in [0, 0.1) is 6.92 Å². The Hall–Kier alpha value is -1.22. The first-order valence-corrected chi connectivity index (χ1v) is 5.80. The van der Waals surface area contributed by atoms with E-state index in [1.165, 1.54) is 11.3 Å². The lowest BCUT2D eigenvalue weighted by Gasteiger charge is -2.14. The number of phenols is 1. The van der Waals surface area contributed by atoms with Crippen molar-refractivity contribution in [2.45, 2.75) is 19.3 Å². The van der Waals surface area contributed by atoms with Crippen molar-refractivity contribution >= 4 is 5.69 Å². The van der Waals surface area contributed by atoms with Gasteiger partial charge in [0.2, 0.25) is 0 Å². The SMILES string of the molecule is Cc1cc(O)cc2c1NC[C@@H]2CCN(C)C. The number of hydrogen-bond acceptors (Lipinski definition) is 3. The van der Waals surface area contributed by atoms with Crippen molar-refractivity contribution in [2.75, 3.05) is 32.5 Å². The van der Waals surface area contributed by atoms with Crippen molar-refractivity contribution in [3.05, 3.63) is 23.3 Å². The van der Waals surface area contributed by atoms with E-state index in [0.29, 0.717) is 11.7 Å². The van der Waals surface area contributed by atoms with Gasteiger partial charge in [-0.25, -0.2) is 0 Å². The number of rotatable bonds is 3. The predicted octanol–water partition coefficient (Wildman–Crippen LogP) is 2.16. The largest absolute Gasteiger partial charge is 0.508 e. The molecular formula is C13H20N2O. The Labute approximate surface area is 97.1 Å². The average molecular weight is 220 g/mol. The highest BCUT2D eigenvalue weighted by Gasteiger charge is 2.23. The van der Waals surface area contributed by atoms with Crippen molar-refractivity contribution in [2.24, 2.45) is 0 Å². The van der Waals surface area contributed by atoms with Crippen molar-refractivity contribution < 1.29 is 5.11 Å². The molecule has 2 rings (SSSR count). The van der Waals surface area contributed by atoms with E-state index in [9.17, 15) is 5.11 Å². The van der Waals surface area contributed by atoms with Gasteiger partial charge in [-0.2, -0.15) is 0 Å². The maximum Gasteiger partial charge on any atom is 0.116 e. The Morgan fingerprint density at radius 1 is 1.44 bits per heavy atom. The Bertz CT molecular complexity index is 388. The molecule has 0 spiro atoms. The van der Waals surface area contributed by atoms with E-state index in [-0.39, 0.29) is 0 Å². The molecule has 3 nitrogen and oxygen atoms in total. The molecule has 1 atom stereocenters. The highest BCUT2D eigenvalue weighted by atomic mass is 16.3. The summed E-state index contributed by atoms with van der Waals surface area (Å²) in [4.78, 5) is 2.20. The van der Waals surface area contributed by atoms with Crippen LogP contribution < -0.4 is 5.32 Å². The molecule has 1 heterocycles. The van der Waals surface area contributed by atoms with Gasteiger partial charge in [0.25, 0.3) is 0 Å². The van der Waals surface area contributed by atoms with Gasteiger partial charge in [0.15, 0.2) is 0 Å². The first kappa shape index (κ1) is 11.3. The van der Waals surface area contributed by atoms with Crippen molar-refractivity contribution in [3.8, 4) is 5.75 Å². The minimum absolute atomic E-state index is 0.384. The summed E-state index contributed by atoms with van der Waals surface area (Å²) in [5.41, 5.74) is 3.64. The molecule has 0 aliphatic carbocycles. The maximum atomic E-state index is 9.63. The summed E-state index contributed by atoms with van der Waals surface area (Å²) >= 11 is 0. The summed E-state index contributed by atoms with van der Waals surface area (Å²) in [6, 6.07) is 3.73. The van der Waals surface area contributed by atoms with Crippen LogP contribution in [0.15, 0.2) is 12.1 Å². The van der Waals surface area contributed by atoms with Gasteiger partial charge in [-0.05, 0) is 57.2 Å². The second kappa shape index (κ2) is 4.34. The number of aromatic hydroxyl groups is 1. The molecule has 16 heavy (non-hydrogen) atoms. The molecule has 1 aliphatic rings. The molecule has 0 radical (unpaired) electrons. The molecule has 1 aliphatic heterocycles. The zero-order valence-electron chi connectivity index (χ0n) is 10.2. The van der Waals surface area contributed by atoms with E-state index in [2.05, 4.69) is 24.3 Å². The average Bonchev–Trinajstić information content (AvgIpc) is 2.58. The lowest BCUT2D eigenvalue weighted by Crippen LogP contribution is -2.16. The van der Waals surface area contributed by atoms with E-state index in [4.69, 9.17) is 0 Å². The molecular weight excluding hydrogens is 200 g/mol. The summed E-state index contributed by atoms with van der Waals surface area (Å²) in [5, 5.41) is 13.1. The van der Waals surface area contributed by atoms with Crippen LogP contribution in [0.1, 0.15) is 23.5 Å². The molecule has 0 fully saturated rings. The molecule has 0 saturated carbocycles. The first-order valence-electron chi connectivity index (χ1n) is 5.80. The number of fused-ring (bicyclic) bond motifs is 1. The third-order valence-corrected chi connectivity index (χ3v) is 3.24. The number of phenolic OH excluding ortho intramolecular Hbond substituents is 1. The van der Waals surface area contributed by atoms with Gasteiger partial charge in [-0.3, -0.25) is 0 Å². The van der Waals surface area contributed by atoms with Crippen molar-refractivity contribution in [1.82, 2.24) is 4.90 Å². The Morgan fingerprint density at radius 3 is 2.88 bits per heavy atom. The summed E-state index contributed by atoms with van der Waals surface area (Å²) < 4.78 is 0. The van der Waals surface area contributed by atoms with Crippen molar-refractivity contribution in [1.29, 1.82) is 0 Å². The molecule has 1 aromatic rings. The summed E-state index contributed by atoms with van der Waals surface area (Å²) in [6.45, 7) is 4.12. The summed E-state index contributed by atoms with van der Waals surface area (Å²) in [5.74, 6) is 0.915. The van der Waals surface area contributed by atoms with E-state index in [1.807, 2.05) is 19.1 Å². The second-order valence-electron chi connectivity index (χ2n) is 4.90. The van der Waals surface area contributed by atoms with Crippen LogP contribution in [-0.2, 0) is 0 Å². The van der Waals surface area contributed by atoms with E-state index >= 15 is 0 Å². The van der Waals surface area contributed by atoms with Crippen molar-refractivity contribution in [3.63, 3.8) is 0 Å². The molecule has 2 N–H and O–H groups in total. The van der Waals surface area contributed by atoms with Gasteiger partial charge in [-0.15, -0.1) is 0 Å². The molecule has 0 bridgehead atoms. The second-order valence-corrected chi connectivity index (χ2v) is 4.90. The van der Waals surface area contributed by atoms with Crippen LogP contribution in [-0.4, -0.2) is 37.2 Å². The normalized spacial score (nSPS) is 18.6. The van der Waals surface area contributed by atoms with Crippen LogP contribution in [0.3, 0.4) is 0 Å². The minimum atomic E-state index is 0.384. The molecule has 0 amide bonds. The fourth-order valence-corrected chi connectivity index (χ4v) is 2.37. The van der Waals surface area contributed by atoms with E-state index in [1.54, 1.807) is 0 Å². The van der Waals surface area contributed by atoms with Gasteiger partial charge in [0.1, 0.15) is 5.75 Å². The quantitative estimate of drug-likeness (QED) is 0.766. The molecule has 88 valence electrons. The zero-order valence-corrected chi connectivity index (χ0v) is 10.2. The molecule has 3 heteroatoms. The molecule has 0 unspecified atom stereocenters. The van der Waals surface area contributed by atoms with Gasteiger partial charge in [0, 0.05) is 18.2 Å². The lowest BCUT2D eigenvalue weighted by atomic mass is 9.96. The lowest BCUT2D eigenvalue weighted by molar-refractivity contribution is 0.385. The number of hydrogen-bond donors (Lipinski definition) is 2. The van der Waals surface area contributed by atoms with Gasteiger partial charge >= 0.3 is 0 Å². The van der Waals surface area contributed by atoms with E-state index < -0.39 is 0 Å². The summed E-state index contributed by atoms with van der Waals surface area (Å²) in [7, 11) is 4.19. The number of aryl methyl sites for hydroxylation is 1. The van der Waals surface area contributed by atoms with Gasteiger partial charge in [0.05, 0.1) is 0 Å². The third kappa shape index (κ3) is 2.14. The maximum absolute atomic E-state index is 9.63. The predicted molar refractivity (Wildman–Crippen MR) is 67.2 cm³/mol. The minimum Gasteiger partial charge on any atom is -0.508 e.